The molecule has 0 spiro atoms. The molecule has 0 amide bonds. The molecular weight excluding hydrogens is 624 g/mol. The molecule has 2 aromatic rings. The summed E-state index contributed by atoms with van der Waals surface area (Å²) >= 11 is 21.5. The molecule has 0 aliphatic rings. The van der Waals surface area contributed by atoms with Crippen molar-refractivity contribution in [2.75, 3.05) is 0 Å². The summed E-state index contributed by atoms with van der Waals surface area (Å²) in [6.07, 6.45) is 0. The Bertz CT molecular complexity index is 600. The summed E-state index contributed by atoms with van der Waals surface area (Å²) in [5.74, 6) is 0. The van der Waals surface area contributed by atoms with Crippen LogP contribution in [0.1, 0.15) is 0 Å². The highest BCUT2D eigenvalue weighted by molar-refractivity contribution is 9.15. The van der Waals surface area contributed by atoms with Gasteiger partial charge < -0.3 is 0 Å². The van der Waals surface area contributed by atoms with Gasteiger partial charge in [0.2, 0.25) is 0 Å². The van der Waals surface area contributed by atoms with Crippen LogP contribution < -0.4 is 0 Å². The molecule has 94 valence electrons. The van der Waals surface area contributed by atoms with Crippen molar-refractivity contribution in [2.24, 2.45) is 0 Å². The monoisotopic (exact) mass is 622 g/mol. The van der Waals surface area contributed by atoms with Crippen LogP contribution in [0.3, 0.4) is 0 Å². The minimum Gasteiger partial charge on any atom is -0.0600 e. The molecule has 0 unspecified atom stereocenters. The Morgan fingerprint density at radius 2 is 1.17 bits per heavy atom. The molecule has 0 heterocycles. The topological polar surface area (TPSA) is 0 Å². The third kappa shape index (κ3) is 2.98. The van der Waals surface area contributed by atoms with Gasteiger partial charge in [-0.2, -0.15) is 0 Å². The minimum absolute atomic E-state index is 0.981. The Kier molecular flexibility index (Phi) is 5.58. The van der Waals surface area contributed by atoms with Crippen LogP contribution in [0.2, 0.25) is 0 Å². The average molecular weight is 628 g/mol. The fraction of sp³-hybridized carbons (Fsp3) is 0. The molecule has 2 aromatic carbocycles. The van der Waals surface area contributed by atoms with Crippen molar-refractivity contribution in [1.29, 1.82) is 0 Å². The molecule has 0 aliphatic carbocycles. The van der Waals surface area contributed by atoms with E-state index in [1.807, 2.05) is 18.2 Å². The lowest BCUT2D eigenvalue weighted by molar-refractivity contribution is 1.46. The third-order valence-corrected chi connectivity index (χ3v) is 8.32. The largest absolute Gasteiger partial charge is 0.0600 e. The van der Waals surface area contributed by atoms with Gasteiger partial charge in [0, 0.05) is 38.0 Å². The predicted octanol–water partition coefficient (Wildman–Crippen LogP) is 7.93. The fourth-order valence-corrected chi connectivity index (χ4v) is 5.15. The number of hydrogen-bond acceptors (Lipinski definition) is 0. The van der Waals surface area contributed by atoms with E-state index in [2.05, 4.69) is 102 Å². The minimum atomic E-state index is 0.981. The zero-order valence-electron chi connectivity index (χ0n) is 8.58. The summed E-state index contributed by atoms with van der Waals surface area (Å²) in [6.45, 7) is 0. The zero-order valence-corrected chi connectivity index (χ0v) is 18.1. The van der Waals surface area contributed by atoms with Gasteiger partial charge in [0.25, 0.3) is 0 Å². The Hall–Kier alpha value is 1.32. The molecule has 18 heavy (non-hydrogen) atoms. The maximum absolute atomic E-state index is 3.63. The van der Waals surface area contributed by atoms with E-state index in [1.54, 1.807) is 0 Å². The lowest BCUT2D eigenvalue weighted by atomic mass is 10.1. The van der Waals surface area contributed by atoms with Crippen molar-refractivity contribution in [3.63, 3.8) is 0 Å². The first-order chi connectivity index (χ1) is 8.43. The van der Waals surface area contributed by atoms with Crippen LogP contribution in [-0.2, 0) is 0 Å². The van der Waals surface area contributed by atoms with Gasteiger partial charge in [-0.05, 0) is 81.9 Å². The van der Waals surface area contributed by atoms with Crippen LogP contribution in [0.15, 0.2) is 51.1 Å². The molecule has 6 heteroatoms. The van der Waals surface area contributed by atoms with Gasteiger partial charge in [0.1, 0.15) is 0 Å². The number of rotatable bonds is 1. The highest BCUT2D eigenvalue weighted by Crippen LogP contribution is 2.46. The molecule has 2 rings (SSSR count). The van der Waals surface area contributed by atoms with Crippen LogP contribution in [-0.4, -0.2) is 0 Å². The van der Waals surface area contributed by atoms with E-state index < -0.39 is 0 Å². The Morgan fingerprint density at radius 3 is 1.72 bits per heavy atom. The maximum Gasteiger partial charge on any atom is 0.0477 e. The second-order valence-electron chi connectivity index (χ2n) is 3.44. The maximum atomic E-state index is 3.63. The molecule has 0 bridgehead atoms. The lowest BCUT2D eigenvalue weighted by Gasteiger charge is -2.13. The van der Waals surface area contributed by atoms with Crippen LogP contribution in [0, 0.1) is 0 Å². The molecule has 0 saturated heterocycles. The van der Waals surface area contributed by atoms with Gasteiger partial charge in [-0.25, -0.2) is 0 Å². The second kappa shape index (κ2) is 6.39. The van der Waals surface area contributed by atoms with E-state index in [0.717, 1.165) is 38.0 Å². The summed E-state index contributed by atoms with van der Waals surface area (Å²) in [7, 11) is 0. The summed E-state index contributed by atoms with van der Waals surface area (Å²) in [5, 5.41) is 0. The van der Waals surface area contributed by atoms with E-state index in [9.17, 15) is 0 Å². The molecule has 0 aliphatic heterocycles. The first-order valence-electron chi connectivity index (χ1n) is 4.71. The molecule has 0 radical (unpaired) electrons. The van der Waals surface area contributed by atoms with E-state index >= 15 is 0 Å². The Morgan fingerprint density at radius 1 is 0.611 bits per heavy atom. The van der Waals surface area contributed by atoms with Gasteiger partial charge in [-0.15, -0.1) is 0 Å². The standard InChI is InChI=1S/C12H4Br6/c13-6-2-1-3-7(14)9(6)5-4-8(15)11(17)12(18)10(5)16/h1-4H. The Labute approximate surface area is 156 Å². The van der Waals surface area contributed by atoms with Crippen LogP contribution in [0.25, 0.3) is 11.1 Å². The second-order valence-corrected chi connectivity index (χ2v) is 8.39. The van der Waals surface area contributed by atoms with Gasteiger partial charge in [-0.1, -0.05) is 37.9 Å². The lowest BCUT2D eigenvalue weighted by Crippen LogP contribution is -1.87. The zero-order chi connectivity index (χ0) is 13.4. The summed E-state index contributed by atoms with van der Waals surface area (Å²) in [4.78, 5) is 0. The van der Waals surface area contributed by atoms with E-state index in [4.69, 9.17) is 0 Å². The molecule has 0 aromatic heterocycles. The van der Waals surface area contributed by atoms with E-state index in [-0.39, 0.29) is 0 Å². The summed E-state index contributed by atoms with van der Waals surface area (Å²) < 4.78 is 6.05. The molecule has 0 nitrogen and oxygen atoms in total. The third-order valence-electron chi connectivity index (χ3n) is 2.33. The molecule has 0 fully saturated rings. The van der Waals surface area contributed by atoms with Gasteiger partial charge in [0.05, 0.1) is 0 Å². The normalized spacial score (nSPS) is 10.8. The van der Waals surface area contributed by atoms with Crippen LogP contribution in [0.4, 0.5) is 0 Å². The van der Waals surface area contributed by atoms with Gasteiger partial charge in [-0.3, -0.25) is 0 Å². The quantitative estimate of drug-likeness (QED) is 0.223. The van der Waals surface area contributed by atoms with Crippen molar-refractivity contribution >= 4 is 95.6 Å². The van der Waals surface area contributed by atoms with Crippen LogP contribution >= 0.6 is 95.6 Å². The fourth-order valence-electron chi connectivity index (χ4n) is 1.51. The predicted molar refractivity (Wildman–Crippen MR) is 98.1 cm³/mol. The molecule has 0 atom stereocenters. The highest BCUT2D eigenvalue weighted by Gasteiger charge is 2.16. The van der Waals surface area contributed by atoms with Crippen molar-refractivity contribution in [1.82, 2.24) is 0 Å². The summed E-state index contributed by atoms with van der Waals surface area (Å²) in [5.41, 5.74) is 2.20. The van der Waals surface area contributed by atoms with Crippen molar-refractivity contribution < 1.29 is 0 Å². The molecular formula is C12H4Br6. The smallest absolute Gasteiger partial charge is 0.0477 e. The number of hydrogen-bond donors (Lipinski definition) is 0. The molecule has 0 saturated carbocycles. The van der Waals surface area contributed by atoms with Gasteiger partial charge in [0.15, 0.2) is 0 Å². The van der Waals surface area contributed by atoms with E-state index in [1.165, 1.54) is 0 Å². The van der Waals surface area contributed by atoms with Crippen molar-refractivity contribution in [3.05, 3.63) is 51.1 Å². The summed E-state index contributed by atoms with van der Waals surface area (Å²) in [6, 6.07) is 8.12. The number of benzene rings is 2. The van der Waals surface area contributed by atoms with Gasteiger partial charge >= 0.3 is 0 Å². The first kappa shape index (κ1) is 15.7. The van der Waals surface area contributed by atoms with Crippen molar-refractivity contribution in [2.45, 2.75) is 0 Å². The average Bonchev–Trinajstić information content (AvgIpc) is 2.32. The first-order valence-corrected chi connectivity index (χ1v) is 9.46. The SMILES string of the molecule is Brc1cc(-c2c(Br)cccc2Br)c(Br)c(Br)c1Br. The number of halogens is 6. The molecule has 0 N–H and O–H groups in total. The Balaban J connectivity index is 2.80. The highest BCUT2D eigenvalue weighted by atomic mass is 79.9. The van der Waals surface area contributed by atoms with Crippen molar-refractivity contribution in [3.8, 4) is 11.1 Å². The van der Waals surface area contributed by atoms with Crippen LogP contribution in [0.5, 0.6) is 0 Å². The van der Waals surface area contributed by atoms with E-state index in [0.29, 0.717) is 0 Å².